The molecular formula is C18H10N4O2S. The molecule has 0 unspecified atom stereocenters. The predicted octanol–water partition coefficient (Wildman–Crippen LogP) is 4.27. The van der Waals surface area contributed by atoms with Crippen molar-refractivity contribution in [3.05, 3.63) is 53.2 Å². The van der Waals surface area contributed by atoms with E-state index < -0.39 is 0 Å². The van der Waals surface area contributed by atoms with Gasteiger partial charge in [-0.15, -0.1) is 21.5 Å². The number of aromatic hydroxyl groups is 1. The molecule has 0 atom stereocenters. The maximum atomic E-state index is 9.92. The molecule has 3 aromatic heterocycles. The van der Waals surface area contributed by atoms with E-state index in [0.29, 0.717) is 11.5 Å². The van der Waals surface area contributed by atoms with Crippen molar-refractivity contribution in [1.29, 1.82) is 0 Å². The Hall–Kier alpha value is -3.32. The number of phenols is 1. The molecule has 0 aliphatic carbocycles. The molecule has 120 valence electrons. The van der Waals surface area contributed by atoms with Crippen molar-refractivity contribution in [3.63, 3.8) is 0 Å². The summed E-state index contributed by atoms with van der Waals surface area (Å²) in [6.07, 6.45) is 0. The van der Waals surface area contributed by atoms with Crippen LogP contribution in [0.15, 0.2) is 57.6 Å². The monoisotopic (exact) mass is 346 g/mol. The molecule has 0 amide bonds. The van der Waals surface area contributed by atoms with Crippen LogP contribution >= 0.6 is 11.3 Å². The van der Waals surface area contributed by atoms with Crippen molar-refractivity contribution < 1.29 is 9.52 Å². The topological polar surface area (TPSA) is 84.9 Å². The van der Waals surface area contributed by atoms with E-state index in [-0.39, 0.29) is 11.6 Å². The Morgan fingerprint density at radius 1 is 0.800 bits per heavy atom. The Kier molecular flexibility index (Phi) is 3.01. The third kappa shape index (κ3) is 2.33. The van der Waals surface area contributed by atoms with Crippen LogP contribution in [0.25, 0.3) is 45.0 Å². The Morgan fingerprint density at radius 2 is 1.56 bits per heavy atom. The molecule has 1 N–H and O–H groups in total. The van der Waals surface area contributed by atoms with Crippen LogP contribution in [0.4, 0.5) is 0 Å². The number of nitrogens with zero attached hydrogens (tertiary/aromatic N) is 4. The van der Waals surface area contributed by atoms with Gasteiger partial charge in [0.15, 0.2) is 0 Å². The van der Waals surface area contributed by atoms with Gasteiger partial charge in [-0.25, -0.2) is 9.97 Å². The van der Waals surface area contributed by atoms with E-state index in [2.05, 4.69) is 20.2 Å². The first kappa shape index (κ1) is 14.1. The minimum absolute atomic E-state index is 0.0990. The number of benzene rings is 2. The van der Waals surface area contributed by atoms with Crippen LogP contribution in [-0.2, 0) is 0 Å². The number of aromatic nitrogens is 4. The lowest BCUT2D eigenvalue weighted by molar-refractivity contribution is 0.473. The highest BCUT2D eigenvalue weighted by atomic mass is 32.1. The molecule has 0 bridgehead atoms. The summed E-state index contributed by atoms with van der Waals surface area (Å²) in [5, 5.41) is 22.0. The fourth-order valence-electron chi connectivity index (χ4n) is 2.65. The molecule has 5 rings (SSSR count). The second-order valence-electron chi connectivity index (χ2n) is 5.50. The molecular weight excluding hydrogens is 336 g/mol. The van der Waals surface area contributed by atoms with Crippen LogP contribution in [-0.4, -0.2) is 25.3 Å². The zero-order valence-corrected chi connectivity index (χ0v) is 13.6. The van der Waals surface area contributed by atoms with Gasteiger partial charge in [0.25, 0.3) is 5.89 Å². The van der Waals surface area contributed by atoms with Crippen LogP contribution < -0.4 is 0 Å². The van der Waals surface area contributed by atoms with E-state index in [1.807, 2.05) is 29.0 Å². The second kappa shape index (κ2) is 5.35. The van der Waals surface area contributed by atoms with Gasteiger partial charge in [-0.3, -0.25) is 0 Å². The predicted molar refractivity (Wildman–Crippen MR) is 95.3 cm³/mol. The summed E-state index contributed by atoms with van der Waals surface area (Å²) in [6.45, 7) is 0. The molecule has 3 heterocycles. The van der Waals surface area contributed by atoms with Gasteiger partial charge in [-0.1, -0.05) is 12.1 Å². The lowest BCUT2D eigenvalue weighted by atomic mass is 10.2. The molecule has 0 saturated carbocycles. The molecule has 25 heavy (non-hydrogen) atoms. The molecule has 0 saturated heterocycles. The Balaban J connectivity index is 1.61. The Labute approximate surface area is 145 Å². The van der Waals surface area contributed by atoms with Crippen molar-refractivity contribution in [2.75, 3.05) is 0 Å². The summed E-state index contributed by atoms with van der Waals surface area (Å²) in [6, 6.07) is 12.5. The van der Waals surface area contributed by atoms with E-state index in [9.17, 15) is 5.11 Å². The van der Waals surface area contributed by atoms with Crippen molar-refractivity contribution in [3.8, 4) is 28.7 Å². The normalized spacial score (nSPS) is 11.4. The van der Waals surface area contributed by atoms with Gasteiger partial charge in [-0.05, 0) is 30.3 Å². The maximum absolute atomic E-state index is 9.92. The zero-order valence-electron chi connectivity index (χ0n) is 12.7. The second-order valence-corrected chi connectivity index (χ2v) is 6.24. The Bertz CT molecular complexity index is 1230. The van der Waals surface area contributed by atoms with Gasteiger partial charge in [0, 0.05) is 16.3 Å². The van der Waals surface area contributed by atoms with Crippen molar-refractivity contribution >= 4 is 33.4 Å². The summed E-state index contributed by atoms with van der Waals surface area (Å²) >= 11 is 1.58. The first-order chi connectivity index (χ1) is 12.3. The Morgan fingerprint density at radius 3 is 2.40 bits per heavy atom. The van der Waals surface area contributed by atoms with Crippen molar-refractivity contribution in [2.24, 2.45) is 0 Å². The number of phenolic OH excluding ortho intramolecular Hbond substituents is 1. The van der Waals surface area contributed by atoms with Crippen LogP contribution in [0.1, 0.15) is 0 Å². The quantitative estimate of drug-likeness (QED) is 0.514. The van der Waals surface area contributed by atoms with Crippen LogP contribution in [0.5, 0.6) is 5.75 Å². The summed E-state index contributed by atoms with van der Waals surface area (Å²) in [5.41, 5.74) is 4.60. The van der Waals surface area contributed by atoms with Gasteiger partial charge >= 0.3 is 0 Å². The van der Waals surface area contributed by atoms with E-state index >= 15 is 0 Å². The number of hydrogen-bond donors (Lipinski definition) is 1. The van der Waals surface area contributed by atoms with E-state index in [1.54, 1.807) is 35.6 Å². The van der Waals surface area contributed by atoms with Gasteiger partial charge in [-0.2, -0.15) is 0 Å². The third-order valence-electron chi connectivity index (χ3n) is 3.89. The third-order valence-corrected chi connectivity index (χ3v) is 4.60. The molecule has 0 spiro atoms. The average Bonchev–Trinajstić information content (AvgIpc) is 3.29. The highest BCUT2D eigenvalue weighted by molar-refractivity contribution is 7.09. The van der Waals surface area contributed by atoms with E-state index in [1.165, 1.54) is 0 Å². The summed E-state index contributed by atoms with van der Waals surface area (Å²) in [7, 11) is 0. The van der Waals surface area contributed by atoms with Crippen LogP contribution in [0.3, 0.4) is 0 Å². The molecule has 0 fully saturated rings. The summed E-state index contributed by atoms with van der Waals surface area (Å²) in [5.74, 6) is 0.738. The summed E-state index contributed by atoms with van der Waals surface area (Å²) < 4.78 is 5.73. The largest absolute Gasteiger partial charge is 0.507 e. The number of thiophene rings is 1. The maximum Gasteiger partial charge on any atom is 0.251 e. The first-order valence-electron chi connectivity index (χ1n) is 7.54. The fourth-order valence-corrected chi connectivity index (χ4v) is 3.33. The lowest BCUT2D eigenvalue weighted by Crippen LogP contribution is -1.86. The highest BCUT2D eigenvalue weighted by Gasteiger charge is 2.14. The minimum atomic E-state index is 0.0990. The standard InChI is InChI=1S/C18H10N4O2S/c23-16-4-2-1-3-11(16)18-22-21-17(24-18)10-5-6-12-13(7-10)20-15-9-25-8-14(15)19-12/h1-9,23H. The minimum Gasteiger partial charge on any atom is -0.507 e. The number of hydrogen-bond acceptors (Lipinski definition) is 7. The highest BCUT2D eigenvalue weighted by Crippen LogP contribution is 2.30. The lowest BCUT2D eigenvalue weighted by Gasteiger charge is -2.00. The first-order valence-corrected chi connectivity index (χ1v) is 8.48. The number of rotatable bonds is 2. The van der Waals surface area contributed by atoms with Gasteiger partial charge in [0.2, 0.25) is 5.89 Å². The number of fused-ring (bicyclic) bond motifs is 2. The molecule has 0 aliphatic heterocycles. The van der Waals surface area contributed by atoms with Crippen LogP contribution in [0, 0.1) is 0 Å². The zero-order chi connectivity index (χ0) is 16.8. The van der Waals surface area contributed by atoms with E-state index in [0.717, 1.165) is 27.6 Å². The van der Waals surface area contributed by atoms with Gasteiger partial charge < -0.3 is 9.52 Å². The molecule has 5 aromatic rings. The average molecular weight is 346 g/mol. The van der Waals surface area contributed by atoms with Gasteiger partial charge in [0.1, 0.15) is 16.8 Å². The smallest absolute Gasteiger partial charge is 0.251 e. The fraction of sp³-hybridized carbons (Fsp3) is 0. The van der Waals surface area contributed by atoms with Crippen molar-refractivity contribution in [2.45, 2.75) is 0 Å². The summed E-state index contributed by atoms with van der Waals surface area (Å²) in [4.78, 5) is 9.21. The SMILES string of the molecule is Oc1ccccc1-c1nnc(-c2ccc3nc4cscc4nc3c2)o1. The molecule has 7 heteroatoms. The van der Waals surface area contributed by atoms with Gasteiger partial charge in [0.05, 0.1) is 16.6 Å². The molecule has 2 aromatic carbocycles. The number of para-hydroxylation sites is 1. The van der Waals surface area contributed by atoms with E-state index in [4.69, 9.17) is 4.42 Å². The van der Waals surface area contributed by atoms with Crippen LogP contribution in [0.2, 0.25) is 0 Å². The van der Waals surface area contributed by atoms with Crippen molar-refractivity contribution in [1.82, 2.24) is 20.2 Å². The molecule has 0 aliphatic rings. The molecule has 0 radical (unpaired) electrons. The molecule has 6 nitrogen and oxygen atoms in total.